The molecule has 0 amide bonds. The average molecular weight is 160 g/mol. The van der Waals surface area contributed by atoms with Crippen molar-refractivity contribution in [2.24, 2.45) is 5.73 Å². The van der Waals surface area contributed by atoms with E-state index < -0.39 is 0 Å². The van der Waals surface area contributed by atoms with Gasteiger partial charge in [-0.2, -0.15) is 0 Å². The lowest BCUT2D eigenvalue weighted by Gasteiger charge is -2.00. The predicted octanol–water partition coefficient (Wildman–Crippen LogP) is 1.22. The van der Waals surface area contributed by atoms with Gasteiger partial charge >= 0.3 is 0 Å². The minimum absolute atomic E-state index is 0.449. The van der Waals surface area contributed by atoms with Gasteiger partial charge in [-0.1, -0.05) is 5.92 Å². The third-order valence-electron chi connectivity index (χ3n) is 1.56. The van der Waals surface area contributed by atoms with E-state index in [0.717, 1.165) is 16.8 Å². The lowest BCUT2D eigenvalue weighted by Crippen LogP contribution is -2.02. The number of hydrogen-bond donors (Lipinski definition) is 1. The van der Waals surface area contributed by atoms with Gasteiger partial charge in [-0.3, -0.25) is 4.98 Å². The van der Waals surface area contributed by atoms with Crippen LogP contribution >= 0.6 is 0 Å². The summed E-state index contributed by atoms with van der Waals surface area (Å²) in [6.07, 6.45) is 1.81. The van der Waals surface area contributed by atoms with Gasteiger partial charge in [0.15, 0.2) is 0 Å². The predicted molar refractivity (Wildman–Crippen MR) is 49.4 cm³/mol. The summed E-state index contributed by atoms with van der Waals surface area (Å²) in [4.78, 5) is 4.19. The maximum atomic E-state index is 5.50. The van der Waals surface area contributed by atoms with Crippen LogP contribution in [0.2, 0.25) is 0 Å². The lowest BCUT2D eigenvalue weighted by atomic mass is 10.1. The zero-order chi connectivity index (χ0) is 8.97. The maximum absolute atomic E-state index is 5.50. The van der Waals surface area contributed by atoms with E-state index in [0.29, 0.717) is 6.54 Å². The molecular formula is C10H12N2. The molecule has 0 atom stereocenters. The molecule has 1 heterocycles. The van der Waals surface area contributed by atoms with Gasteiger partial charge in [-0.25, -0.2) is 0 Å². The Labute approximate surface area is 72.8 Å². The van der Waals surface area contributed by atoms with E-state index in [9.17, 15) is 0 Å². The van der Waals surface area contributed by atoms with Crippen LogP contribution in [0.5, 0.6) is 0 Å². The highest BCUT2D eigenvalue weighted by atomic mass is 14.7. The van der Waals surface area contributed by atoms with Crippen molar-refractivity contribution in [2.75, 3.05) is 0 Å². The van der Waals surface area contributed by atoms with Gasteiger partial charge in [0.25, 0.3) is 0 Å². The zero-order valence-corrected chi connectivity index (χ0v) is 7.39. The molecular weight excluding hydrogens is 148 g/mol. The van der Waals surface area contributed by atoms with Crippen LogP contribution in [0.15, 0.2) is 12.3 Å². The van der Waals surface area contributed by atoms with Crippen LogP contribution in [0.1, 0.15) is 23.7 Å². The minimum atomic E-state index is 0.449. The summed E-state index contributed by atoms with van der Waals surface area (Å²) in [5.41, 5.74) is 8.43. The summed E-state index contributed by atoms with van der Waals surface area (Å²) < 4.78 is 0. The van der Waals surface area contributed by atoms with Crippen LogP contribution in [0.3, 0.4) is 0 Å². The topological polar surface area (TPSA) is 38.9 Å². The fourth-order valence-electron chi connectivity index (χ4n) is 1.00. The second-order valence-electron chi connectivity index (χ2n) is 2.59. The molecule has 0 fully saturated rings. The van der Waals surface area contributed by atoms with Crippen molar-refractivity contribution in [3.63, 3.8) is 0 Å². The molecule has 0 aliphatic rings. The Morgan fingerprint density at radius 1 is 1.58 bits per heavy atom. The summed E-state index contributed by atoms with van der Waals surface area (Å²) in [7, 11) is 0. The van der Waals surface area contributed by atoms with E-state index in [1.54, 1.807) is 0 Å². The highest BCUT2D eigenvalue weighted by molar-refractivity contribution is 5.39. The van der Waals surface area contributed by atoms with Crippen LogP contribution in [0.25, 0.3) is 0 Å². The van der Waals surface area contributed by atoms with E-state index in [2.05, 4.69) is 16.8 Å². The monoisotopic (exact) mass is 160 g/mol. The molecule has 12 heavy (non-hydrogen) atoms. The Hall–Kier alpha value is -1.33. The highest BCUT2D eigenvalue weighted by Crippen LogP contribution is 2.05. The van der Waals surface area contributed by atoms with Crippen LogP contribution in [0.4, 0.5) is 0 Å². The van der Waals surface area contributed by atoms with Crippen molar-refractivity contribution < 1.29 is 0 Å². The van der Waals surface area contributed by atoms with Gasteiger partial charge in [0.05, 0.1) is 5.69 Å². The summed E-state index contributed by atoms with van der Waals surface area (Å²) >= 11 is 0. The highest BCUT2D eigenvalue weighted by Gasteiger charge is 1.98. The summed E-state index contributed by atoms with van der Waals surface area (Å²) in [5, 5.41) is 0. The van der Waals surface area contributed by atoms with Crippen LogP contribution in [-0.2, 0) is 6.54 Å². The zero-order valence-electron chi connectivity index (χ0n) is 7.39. The van der Waals surface area contributed by atoms with Gasteiger partial charge in [-0.15, -0.1) is 5.92 Å². The van der Waals surface area contributed by atoms with Crippen molar-refractivity contribution in [3.8, 4) is 11.8 Å². The third-order valence-corrected chi connectivity index (χ3v) is 1.56. The Kier molecular flexibility index (Phi) is 2.84. The SMILES string of the molecule is CC#Cc1cc(C)cnc1CN. The maximum Gasteiger partial charge on any atom is 0.0695 e. The summed E-state index contributed by atoms with van der Waals surface area (Å²) in [5.74, 6) is 5.82. The number of aromatic nitrogens is 1. The molecule has 0 aliphatic carbocycles. The standard InChI is InChI=1S/C10H12N2/c1-3-4-9-5-8(2)7-12-10(9)6-11/h5,7H,6,11H2,1-2H3. The van der Waals surface area contributed by atoms with E-state index >= 15 is 0 Å². The Bertz CT molecular complexity index is 331. The minimum Gasteiger partial charge on any atom is -0.325 e. The second-order valence-corrected chi connectivity index (χ2v) is 2.59. The Balaban J connectivity index is 3.18. The van der Waals surface area contributed by atoms with Gasteiger partial charge in [0.1, 0.15) is 0 Å². The van der Waals surface area contributed by atoms with E-state index in [-0.39, 0.29) is 0 Å². The molecule has 2 nitrogen and oxygen atoms in total. The van der Waals surface area contributed by atoms with Gasteiger partial charge in [0.2, 0.25) is 0 Å². The normalized spacial score (nSPS) is 8.92. The smallest absolute Gasteiger partial charge is 0.0695 e. The molecule has 0 saturated carbocycles. The molecule has 0 bridgehead atoms. The fourth-order valence-corrected chi connectivity index (χ4v) is 1.00. The van der Waals surface area contributed by atoms with Gasteiger partial charge < -0.3 is 5.73 Å². The molecule has 0 radical (unpaired) electrons. The molecule has 0 aliphatic heterocycles. The van der Waals surface area contributed by atoms with Crippen molar-refractivity contribution in [2.45, 2.75) is 20.4 Å². The first-order valence-electron chi connectivity index (χ1n) is 3.86. The molecule has 1 aromatic rings. The van der Waals surface area contributed by atoms with Crippen LogP contribution in [-0.4, -0.2) is 4.98 Å². The molecule has 1 aromatic heterocycles. The Morgan fingerprint density at radius 3 is 2.92 bits per heavy atom. The molecule has 0 aromatic carbocycles. The molecule has 2 heteroatoms. The number of rotatable bonds is 1. The first kappa shape index (κ1) is 8.76. The number of hydrogen-bond acceptors (Lipinski definition) is 2. The molecule has 0 saturated heterocycles. The van der Waals surface area contributed by atoms with Gasteiger partial charge in [-0.05, 0) is 25.5 Å². The second kappa shape index (κ2) is 3.89. The van der Waals surface area contributed by atoms with E-state index in [4.69, 9.17) is 5.73 Å². The third kappa shape index (κ3) is 1.84. The molecule has 0 unspecified atom stereocenters. The number of nitrogens with two attached hydrogens (primary N) is 1. The van der Waals surface area contributed by atoms with Crippen molar-refractivity contribution >= 4 is 0 Å². The summed E-state index contributed by atoms with van der Waals surface area (Å²) in [6.45, 7) is 4.25. The van der Waals surface area contributed by atoms with E-state index in [1.165, 1.54) is 0 Å². The van der Waals surface area contributed by atoms with Gasteiger partial charge in [0, 0.05) is 18.3 Å². The Morgan fingerprint density at radius 2 is 2.33 bits per heavy atom. The number of pyridine rings is 1. The summed E-state index contributed by atoms with van der Waals surface area (Å²) in [6, 6.07) is 2.01. The average Bonchev–Trinajstić information content (AvgIpc) is 2.05. The van der Waals surface area contributed by atoms with Crippen LogP contribution < -0.4 is 5.73 Å². The molecule has 2 N–H and O–H groups in total. The van der Waals surface area contributed by atoms with Crippen molar-refractivity contribution in [1.82, 2.24) is 4.98 Å². The number of nitrogens with zero attached hydrogens (tertiary/aromatic N) is 1. The largest absolute Gasteiger partial charge is 0.325 e. The van der Waals surface area contributed by atoms with E-state index in [1.807, 2.05) is 26.1 Å². The quantitative estimate of drug-likeness (QED) is 0.627. The lowest BCUT2D eigenvalue weighted by molar-refractivity contribution is 0.977. The number of aryl methyl sites for hydroxylation is 1. The van der Waals surface area contributed by atoms with Crippen LogP contribution in [0, 0.1) is 18.8 Å². The first-order chi connectivity index (χ1) is 5.77. The van der Waals surface area contributed by atoms with Crippen molar-refractivity contribution in [1.29, 1.82) is 0 Å². The van der Waals surface area contributed by atoms with Crippen molar-refractivity contribution in [3.05, 3.63) is 29.1 Å². The molecule has 0 spiro atoms. The molecule has 1 rings (SSSR count). The fraction of sp³-hybridized carbons (Fsp3) is 0.300. The molecule has 62 valence electrons. The first-order valence-corrected chi connectivity index (χ1v) is 3.86.